The number of hydrogen-bond acceptors (Lipinski definition) is 15. The number of aliphatic carboxylic acids is 1. The van der Waals surface area contributed by atoms with Crippen LogP contribution >= 0.6 is 34.9 Å². The number of carbonyl (C=O) groups is 3. The second kappa shape index (κ2) is 12.7. The van der Waals surface area contributed by atoms with E-state index < -0.39 is 40.3 Å². The van der Waals surface area contributed by atoms with E-state index in [1.807, 2.05) is 6.92 Å². The van der Waals surface area contributed by atoms with E-state index in [-0.39, 0.29) is 51.5 Å². The lowest BCUT2D eigenvalue weighted by molar-refractivity contribution is -0.191. The highest BCUT2D eigenvalue weighted by Crippen LogP contribution is 2.47. The van der Waals surface area contributed by atoms with Crippen molar-refractivity contribution in [1.29, 1.82) is 0 Å². The van der Waals surface area contributed by atoms with Gasteiger partial charge in [0.1, 0.15) is 23.4 Å². The molecular weight excluding hydrogens is 613 g/mol. The average molecular weight is 641 g/mol. The summed E-state index contributed by atoms with van der Waals surface area (Å²) in [4.78, 5) is 62.0. The molecule has 4 heterocycles. The Morgan fingerprint density at radius 3 is 2.69 bits per heavy atom. The number of amides is 2. The quantitative estimate of drug-likeness (QED) is 0.0623. The van der Waals surface area contributed by atoms with Crippen LogP contribution in [0.4, 0.5) is 5.13 Å². The molecule has 0 aliphatic carbocycles. The molecular formula is C23H28N8O8S3. The van der Waals surface area contributed by atoms with Crippen molar-refractivity contribution in [2.75, 3.05) is 31.0 Å². The predicted octanol–water partition coefficient (Wildman–Crippen LogP) is 0.599. The molecule has 0 aromatic carbocycles. The van der Waals surface area contributed by atoms with Gasteiger partial charge in [0.25, 0.3) is 23.4 Å². The van der Waals surface area contributed by atoms with E-state index in [1.165, 1.54) is 28.8 Å². The highest BCUT2D eigenvalue weighted by molar-refractivity contribution is 8.01. The van der Waals surface area contributed by atoms with E-state index in [0.717, 1.165) is 28.0 Å². The molecule has 2 aliphatic rings. The number of ether oxygens (including phenoxy) is 1. The van der Waals surface area contributed by atoms with E-state index in [4.69, 9.17) is 15.3 Å². The van der Waals surface area contributed by atoms with E-state index >= 15 is 0 Å². The van der Waals surface area contributed by atoms with Gasteiger partial charge in [-0.1, -0.05) is 23.8 Å². The van der Waals surface area contributed by atoms with Crippen LogP contribution < -0.4 is 16.6 Å². The maximum absolute atomic E-state index is 13.5. The van der Waals surface area contributed by atoms with Gasteiger partial charge in [-0.15, -0.1) is 33.3 Å². The fourth-order valence-corrected chi connectivity index (χ4v) is 7.35. The number of nitrogens with two attached hydrogens (primary N) is 1. The summed E-state index contributed by atoms with van der Waals surface area (Å²) in [7, 11) is 1.23. The third-order valence-electron chi connectivity index (χ3n) is 6.10. The number of thiazole rings is 1. The van der Waals surface area contributed by atoms with E-state index in [1.54, 1.807) is 13.8 Å². The summed E-state index contributed by atoms with van der Waals surface area (Å²) in [6.07, 6.45) is 0.630. The summed E-state index contributed by atoms with van der Waals surface area (Å²) in [5, 5.41) is 34.5. The number of carbonyl (C=O) groups excluding carboxylic acids is 2. The third kappa shape index (κ3) is 5.68. The smallest absolute Gasteiger partial charge is 0.352 e. The normalized spacial score (nSPS) is 20.4. The van der Waals surface area contributed by atoms with Crippen LogP contribution in [0.5, 0.6) is 5.88 Å². The van der Waals surface area contributed by atoms with Gasteiger partial charge in [0.05, 0.1) is 0 Å². The van der Waals surface area contributed by atoms with Gasteiger partial charge in [0.2, 0.25) is 0 Å². The number of β-lactam (4-membered cyclic amide) rings is 1. The lowest BCUT2D eigenvalue weighted by atomic mass is 9.98. The van der Waals surface area contributed by atoms with Crippen molar-refractivity contribution in [2.24, 2.45) is 5.16 Å². The van der Waals surface area contributed by atoms with Crippen molar-refractivity contribution in [3.05, 3.63) is 32.7 Å². The third-order valence-corrected chi connectivity index (χ3v) is 9.18. The van der Waals surface area contributed by atoms with Crippen molar-refractivity contribution in [3.63, 3.8) is 0 Å². The van der Waals surface area contributed by atoms with Crippen LogP contribution in [0.3, 0.4) is 0 Å². The first-order chi connectivity index (χ1) is 20.0. The number of aromatic nitrogens is 4. The van der Waals surface area contributed by atoms with Crippen molar-refractivity contribution >= 4 is 63.5 Å². The molecule has 1 saturated heterocycles. The Balaban J connectivity index is 1.60. The zero-order chi connectivity index (χ0) is 30.8. The molecule has 2 amide bonds. The molecule has 0 radical (unpaired) electrons. The van der Waals surface area contributed by atoms with Gasteiger partial charge < -0.3 is 30.8 Å². The number of carboxylic acids is 1. The molecule has 226 valence electrons. The van der Waals surface area contributed by atoms with Crippen LogP contribution in [0.25, 0.3) is 0 Å². The van der Waals surface area contributed by atoms with Gasteiger partial charge in [-0.25, -0.2) is 9.78 Å². The lowest BCUT2D eigenvalue weighted by Gasteiger charge is -2.55. The number of nitrogen functional groups attached to an aromatic ring is 1. The molecule has 0 bridgehead atoms. The molecule has 16 nitrogen and oxygen atoms in total. The van der Waals surface area contributed by atoms with Gasteiger partial charge in [-0.3, -0.25) is 23.9 Å². The van der Waals surface area contributed by atoms with E-state index in [9.17, 15) is 29.4 Å². The Morgan fingerprint density at radius 1 is 1.36 bits per heavy atom. The molecule has 19 heteroatoms. The lowest BCUT2D eigenvalue weighted by Crippen LogP contribution is -2.81. The second-order valence-corrected chi connectivity index (χ2v) is 12.1. The van der Waals surface area contributed by atoms with Crippen LogP contribution in [0.2, 0.25) is 0 Å². The largest absolute Gasteiger partial charge is 0.488 e. The summed E-state index contributed by atoms with van der Waals surface area (Å²) in [6, 6.07) is -0.358. The van der Waals surface area contributed by atoms with Crippen LogP contribution in [-0.2, 0) is 24.0 Å². The first-order valence-corrected chi connectivity index (χ1v) is 15.4. The minimum atomic E-state index is -1.89. The Morgan fingerprint density at radius 2 is 2.10 bits per heavy atom. The second-order valence-electron chi connectivity index (χ2n) is 9.20. The minimum Gasteiger partial charge on any atom is -0.488 e. The Labute approximate surface area is 251 Å². The number of hydrogen-bond donors (Lipinski definition) is 4. The number of fused-ring (bicyclic) bond motifs is 1. The van der Waals surface area contributed by atoms with Crippen LogP contribution in [0.15, 0.2) is 31.8 Å². The average Bonchev–Trinajstić information content (AvgIpc) is 3.38. The van der Waals surface area contributed by atoms with E-state index in [0.29, 0.717) is 12.0 Å². The number of methoxy groups -OCH3 is 1. The molecule has 1 unspecified atom stereocenters. The molecule has 0 spiro atoms. The van der Waals surface area contributed by atoms with E-state index in [2.05, 4.69) is 25.7 Å². The molecule has 1 fully saturated rings. The number of carboxylic acid groups (broad SMARTS) is 1. The van der Waals surface area contributed by atoms with Crippen molar-refractivity contribution in [1.82, 2.24) is 30.0 Å². The Bertz CT molecular complexity index is 1520. The molecule has 2 atom stereocenters. The molecule has 42 heavy (non-hydrogen) atoms. The first-order valence-electron chi connectivity index (χ1n) is 12.5. The molecule has 4 rings (SSSR count). The number of aromatic hydroxyl groups is 1. The van der Waals surface area contributed by atoms with Crippen LogP contribution in [0.1, 0.15) is 38.9 Å². The Kier molecular flexibility index (Phi) is 9.43. The highest BCUT2D eigenvalue weighted by Gasteiger charge is 2.67. The fourth-order valence-electron chi connectivity index (χ4n) is 4.17. The number of thioether (sulfide) groups is 2. The minimum absolute atomic E-state index is 0.0555. The Hall–Kier alpha value is -3.68. The maximum Gasteiger partial charge on any atom is 0.352 e. The summed E-state index contributed by atoms with van der Waals surface area (Å²) in [6.45, 7) is 5.54. The SMILES string of the molecule is CCCON=C(C(=O)NC1(OC)C(=O)N2C(C(=O)O)=C(CSc3nnc(O)c(=O)n3C(C)C)CS[C@H]21)c1csc(N)n1. The van der Waals surface area contributed by atoms with Crippen molar-refractivity contribution < 1.29 is 34.2 Å². The van der Waals surface area contributed by atoms with Crippen LogP contribution in [0, 0.1) is 0 Å². The van der Waals surface area contributed by atoms with Gasteiger partial charge in [-0.05, 0) is 25.8 Å². The molecule has 5 N–H and O–H groups in total. The first kappa shape index (κ1) is 31.3. The number of anilines is 1. The number of rotatable bonds is 12. The van der Waals surface area contributed by atoms with Crippen molar-refractivity contribution in [3.8, 4) is 5.88 Å². The number of nitrogens with one attached hydrogen (secondary N) is 1. The van der Waals surface area contributed by atoms with Crippen LogP contribution in [-0.4, -0.2) is 94.7 Å². The fraction of sp³-hybridized carbons (Fsp3) is 0.478. The predicted molar refractivity (Wildman–Crippen MR) is 154 cm³/mol. The highest BCUT2D eigenvalue weighted by atomic mass is 32.2. The van der Waals surface area contributed by atoms with Crippen molar-refractivity contribution in [2.45, 2.75) is 49.5 Å². The summed E-state index contributed by atoms with van der Waals surface area (Å²) < 4.78 is 6.76. The number of nitrogens with zero attached hydrogens (tertiary/aromatic N) is 6. The zero-order valence-corrected chi connectivity index (χ0v) is 25.3. The zero-order valence-electron chi connectivity index (χ0n) is 22.9. The molecule has 2 aromatic rings. The monoisotopic (exact) mass is 640 g/mol. The summed E-state index contributed by atoms with van der Waals surface area (Å²) in [5.41, 5.74) is 3.12. The van der Waals surface area contributed by atoms with Gasteiger partial charge >= 0.3 is 11.5 Å². The standard InChI is InChI=1S/C23H28N8O8S3/c1-5-6-39-29-13(12-9-41-21(24)25-12)15(32)26-23(38-4)19(37)31-14(18(35)36)11(7-40-20(23)31)8-42-22-28-27-16(33)17(34)30(22)10(2)3/h9-10,20H,5-8H2,1-4H3,(H2,24,25)(H,26,32)(H,27,33)(H,35,36)/t20-,23?/m0/s1. The van der Waals surface area contributed by atoms with Gasteiger partial charge in [0, 0.05) is 30.0 Å². The molecule has 2 aromatic heterocycles. The molecule has 2 aliphatic heterocycles. The summed E-state index contributed by atoms with van der Waals surface area (Å²) >= 11 is 3.32. The van der Waals surface area contributed by atoms with Gasteiger partial charge in [0.15, 0.2) is 16.0 Å². The molecule has 0 saturated carbocycles. The maximum atomic E-state index is 13.5. The topological polar surface area (TPSA) is 224 Å². The number of oxime groups is 1. The van der Waals surface area contributed by atoms with Gasteiger partial charge in [-0.2, -0.15) is 0 Å². The summed E-state index contributed by atoms with van der Waals surface area (Å²) in [5.74, 6) is -3.52.